The molecular formula is C18H23ClO2. The lowest BCUT2D eigenvalue weighted by Gasteiger charge is -2.16. The topological polar surface area (TPSA) is 18.5 Å². The molecule has 0 saturated heterocycles. The number of benzene rings is 2. The standard InChI is InChI=1S/C18H23ClO2/c1-3-4-11-21-18-14(2)13-17(20-12-7-10-19)15-8-5-6-9-16(15)18/h5-6,8-9,13H,3-4,7,10-12H2,1-2H3. The first-order valence-electron chi connectivity index (χ1n) is 7.61. The molecule has 2 aromatic carbocycles. The van der Waals surface area contributed by atoms with Gasteiger partial charge in [0.05, 0.1) is 13.2 Å². The van der Waals surface area contributed by atoms with Gasteiger partial charge in [-0.05, 0) is 31.4 Å². The number of hydrogen-bond acceptors (Lipinski definition) is 2. The van der Waals surface area contributed by atoms with Gasteiger partial charge in [0.2, 0.25) is 0 Å². The van der Waals surface area contributed by atoms with E-state index in [0.29, 0.717) is 12.5 Å². The van der Waals surface area contributed by atoms with E-state index in [0.717, 1.165) is 53.7 Å². The molecular weight excluding hydrogens is 284 g/mol. The van der Waals surface area contributed by atoms with Crippen molar-refractivity contribution in [1.29, 1.82) is 0 Å². The molecule has 0 fully saturated rings. The predicted octanol–water partition coefficient (Wildman–Crippen LogP) is 5.33. The minimum atomic E-state index is 0.620. The van der Waals surface area contributed by atoms with Gasteiger partial charge >= 0.3 is 0 Å². The fraction of sp³-hybridized carbons (Fsp3) is 0.444. The van der Waals surface area contributed by atoms with Gasteiger partial charge in [0.1, 0.15) is 11.5 Å². The second kappa shape index (κ2) is 8.14. The highest BCUT2D eigenvalue weighted by Crippen LogP contribution is 2.36. The Morgan fingerprint density at radius 1 is 1.00 bits per heavy atom. The van der Waals surface area contributed by atoms with Gasteiger partial charge in [-0.15, -0.1) is 11.6 Å². The molecule has 0 radical (unpaired) electrons. The summed E-state index contributed by atoms with van der Waals surface area (Å²) in [7, 11) is 0. The maximum absolute atomic E-state index is 5.99. The number of aryl methyl sites for hydroxylation is 1. The summed E-state index contributed by atoms with van der Waals surface area (Å²) in [5, 5.41) is 2.22. The Morgan fingerprint density at radius 2 is 1.71 bits per heavy atom. The minimum absolute atomic E-state index is 0.620. The van der Waals surface area contributed by atoms with E-state index in [2.05, 4.69) is 32.0 Å². The Balaban J connectivity index is 2.33. The molecule has 0 aromatic heterocycles. The molecule has 2 rings (SSSR count). The van der Waals surface area contributed by atoms with Crippen molar-refractivity contribution in [3.8, 4) is 11.5 Å². The first kappa shape index (κ1) is 16.0. The highest BCUT2D eigenvalue weighted by atomic mass is 35.5. The predicted molar refractivity (Wildman–Crippen MR) is 89.9 cm³/mol. The lowest BCUT2D eigenvalue weighted by Crippen LogP contribution is -2.02. The summed E-state index contributed by atoms with van der Waals surface area (Å²) in [6, 6.07) is 10.3. The molecule has 0 saturated carbocycles. The van der Waals surface area contributed by atoms with Crippen LogP contribution in [0.25, 0.3) is 10.8 Å². The van der Waals surface area contributed by atoms with E-state index in [-0.39, 0.29) is 0 Å². The quantitative estimate of drug-likeness (QED) is 0.484. The van der Waals surface area contributed by atoms with E-state index in [1.165, 1.54) is 0 Å². The number of ether oxygens (including phenoxy) is 2. The van der Waals surface area contributed by atoms with Gasteiger partial charge in [-0.1, -0.05) is 37.6 Å². The third-order valence-electron chi connectivity index (χ3n) is 3.42. The summed E-state index contributed by atoms with van der Waals surface area (Å²) in [6.45, 7) is 5.64. The normalized spacial score (nSPS) is 10.8. The number of unbranched alkanes of at least 4 members (excludes halogenated alkanes) is 1. The zero-order valence-electron chi connectivity index (χ0n) is 12.8. The van der Waals surface area contributed by atoms with E-state index in [1.807, 2.05) is 12.1 Å². The summed E-state index contributed by atoms with van der Waals surface area (Å²) >= 11 is 5.71. The van der Waals surface area contributed by atoms with Crippen LogP contribution >= 0.6 is 11.6 Å². The number of rotatable bonds is 8. The van der Waals surface area contributed by atoms with Crippen LogP contribution in [-0.2, 0) is 0 Å². The van der Waals surface area contributed by atoms with Crippen LogP contribution in [-0.4, -0.2) is 19.1 Å². The fourth-order valence-corrected chi connectivity index (χ4v) is 2.42. The largest absolute Gasteiger partial charge is 0.493 e. The Morgan fingerprint density at radius 3 is 2.43 bits per heavy atom. The van der Waals surface area contributed by atoms with Crippen molar-refractivity contribution in [1.82, 2.24) is 0 Å². The molecule has 0 aliphatic heterocycles. The van der Waals surface area contributed by atoms with Crippen molar-refractivity contribution in [2.24, 2.45) is 0 Å². The molecule has 0 amide bonds. The molecule has 0 aliphatic carbocycles. The average Bonchev–Trinajstić information content (AvgIpc) is 2.50. The number of halogens is 1. The number of alkyl halides is 1. The van der Waals surface area contributed by atoms with E-state index in [9.17, 15) is 0 Å². The van der Waals surface area contributed by atoms with Crippen molar-refractivity contribution < 1.29 is 9.47 Å². The molecule has 3 heteroatoms. The van der Waals surface area contributed by atoms with Crippen molar-refractivity contribution in [2.45, 2.75) is 33.1 Å². The highest BCUT2D eigenvalue weighted by Gasteiger charge is 2.11. The second-order valence-electron chi connectivity index (χ2n) is 5.16. The van der Waals surface area contributed by atoms with Gasteiger partial charge in [-0.25, -0.2) is 0 Å². The lowest BCUT2D eigenvalue weighted by atomic mass is 10.0. The molecule has 114 valence electrons. The number of hydrogen-bond donors (Lipinski definition) is 0. The van der Waals surface area contributed by atoms with Crippen LogP contribution < -0.4 is 9.47 Å². The SMILES string of the molecule is CCCCOc1c(C)cc(OCCCCl)c2ccccc12. The molecule has 2 nitrogen and oxygen atoms in total. The Labute approximate surface area is 132 Å². The molecule has 0 aliphatic rings. The molecule has 0 N–H and O–H groups in total. The summed E-state index contributed by atoms with van der Waals surface area (Å²) in [5.41, 5.74) is 1.12. The van der Waals surface area contributed by atoms with Crippen LogP contribution in [0.1, 0.15) is 31.7 Å². The Kier molecular flexibility index (Phi) is 6.19. The maximum atomic E-state index is 5.99. The first-order chi connectivity index (χ1) is 10.3. The van der Waals surface area contributed by atoms with E-state index < -0.39 is 0 Å². The third kappa shape index (κ3) is 4.04. The summed E-state index contributed by atoms with van der Waals surface area (Å²) in [4.78, 5) is 0. The second-order valence-corrected chi connectivity index (χ2v) is 5.54. The van der Waals surface area contributed by atoms with Crippen LogP contribution in [0.4, 0.5) is 0 Å². The summed E-state index contributed by atoms with van der Waals surface area (Å²) in [6.07, 6.45) is 3.06. The lowest BCUT2D eigenvalue weighted by molar-refractivity contribution is 0.307. The summed E-state index contributed by atoms with van der Waals surface area (Å²) < 4.78 is 11.9. The van der Waals surface area contributed by atoms with Crippen molar-refractivity contribution in [3.05, 3.63) is 35.9 Å². The van der Waals surface area contributed by atoms with Gasteiger partial charge in [0.25, 0.3) is 0 Å². The molecule has 0 unspecified atom stereocenters. The van der Waals surface area contributed by atoms with E-state index in [4.69, 9.17) is 21.1 Å². The molecule has 0 atom stereocenters. The van der Waals surface area contributed by atoms with Crippen LogP contribution in [0.2, 0.25) is 0 Å². The van der Waals surface area contributed by atoms with Crippen molar-refractivity contribution >= 4 is 22.4 Å². The van der Waals surface area contributed by atoms with E-state index >= 15 is 0 Å². The minimum Gasteiger partial charge on any atom is -0.493 e. The molecule has 21 heavy (non-hydrogen) atoms. The van der Waals surface area contributed by atoms with Gasteiger partial charge in [-0.2, -0.15) is 0 Å². The fourth-order valence-electron chi connectivity index (χ4n) is 2.31. The smallest absolute Gasteiger partial charge is 0.130 e. The van der Waals surface area contributed by atoms with Crippen LogP contribution in [0.15, 0.2) is 30.3 Å². The summed E-state index contributed by atoms with van der Waals surface area (Å²) in [5.74, 6) is 2.51. The van der Waals surface area contributed by atoms with Gasteiger partial charge in [0, 0.05) is 16.7 Å². The Bertz CT molecular complexity index is 581. The highest BCUT2D eigenvalue weighted by molar-refractivity contribution is 6.17. The van der Waals surface area contributed by atoms with E-state index in [1.54, 1.807) is 0 Å². The van der Waals surface area contributed by atoms with Crippen LogP contribution in [0.5, 0.6) is 11.5 Å². The van der Waals surface area contributed by atoms with Gasteiger partial charge < -0.3 is 9.47 Å². The van der Waals surface area contributed by atoms with Crippen molar-refractivity contribution in [3.63, 3.8) is 0 Å². The van der Waals surface area contributed by atoms with Gasteiger partial charge in [-0.3, -0.25) is 0 Å². The molecule has 0 bridgehead atoms. The third-order valence-corrected chi connectivity index (χ3v) is 3.69. The number of fused-ring (bicyclic) bond motifs is 1. The molecule has 0 heterocycles. The molecule has 0 spiro atoms. The zero-order valence-corrected chi connectivity index (χ0v) is 13.6. The van der Waals surface area contributed by atoms with Crippen molar-refractivity contribution in [2.75, 3.05) is 19.1 Å². The van der Waals surface area contributed by atoms with Gasteiger partial charge in [0.15, 0.2) is 0 Å². The molecule has 2 aromatic rings. The zero-order chi connectivity index (χ0) is 15.1. The monoisotopic (exact) mass is 306 g/mol. The first-order valence-corrected chi connectivity index (χ1v) is 8.15. The maximum Gasteiger partial charge on any atom is 0.130 e. The Hall–Kier alpha value is -1.41. The van der Waals surface area contributed by atoms with Crippen LogP contribution in [0, 0.1) is 6.92 Å². The average molecular weight is 307 g/mol. The van der Waals surface area contributed by atoms with Crippen LogP contribution in [0.3, 0.4) is 0 Å².